The van der Waals surface area contributed by atoms with Crippen LogP contribution in [0.3, 0.4) is 0 Å². The molecule has 0 fully saturated rings. The molecule has 0 aliphatic carbocycles. The van der Waals surface area contributed by atoms with Crippen LogP contribution in [0.25, 0.3) is 0 Å². The molecule has 0 aromatic heterocycles. The molecule has 0 saturated heterocycles. The van der Waals surface area contributed by atoms with Gasteiger partial charge in [-0.05, 0) is 36.8 Å². The fraction of sp³-hybridized carbons (Fsp3) is 0.550. The molecule has 4 nitrogen and oxygen atoms in total. The summed E-state index contributed by atoms with van der Waals surface area (Å²) in [4.78, 5) is 9.12. The second-order valence-corrected chi connectivity index (χ2v) is 6.47. The summed E-state index contributed by atoms with van der Waals surface area (Å²) in [6, 6.07) is 8.83. The maximum atomic E-state index is 4.37. The lowest BCUT2D eigenvalue weighted by molar-refractivity contribution is 0.251. The number of aliphatic imine (C=N–C) groups is 1. The summed E-state index contributed by atoms with van der Waals surface area (Å²) >= 11 is 0. The number of rotatable bonds is 8. The van der Waals surface area contributed by atoms with Gasteiger partial charge in [0.25, 0.3) is 0 Å². The number of unbranched alkanes of at least 4 members (excludes halogenated alkanes) is 1. The lowest BCUT2D eigenvalue weighted by Gasteiger charge is -2.29. The Morgan fingerprint density at radius 3 is 2.88 bits per heavy atom. The van der Waals surface area contributed by atoms with Crippen molar-refractivity contribution in [2.75, 3.05) is 40.3 Å². The van der Waals surface area contributed by atoms with Crippen molar-refractivity contribution in [2.45, 2.75) is 32.2 Å². The maximum Gasteiger partial charge on any atom is 0.193 e. The molecule has 24 heavy (non-hydrogen) atoms. The molecule has 0 unspecified atom stereocenters. The minimum Gasteiger partial charge on any atom is -0.356 e. The van der Waals surface area contributed by atoms with Gasteiger partial charge in [-0.15, -0.1) is 6.58 Å². The molecule has 1 aromatic rings. The van der Waals surface area contributed by atoms with E-state index < -0.39 is 0 Å². The molecule has 0 bridgehead atoms. The van der Waals surface area contributed by atoms with Crippen LogP contribution in [0.4, 0.5) is 0 Å². The van der Waals surface area contributed by atoms with Gasteiger partial charge < -0.3 is 10.2 Å². The third kappa shape index (κ3) is 5.68. The highest BCUT2D eigenvalue weighted by molar-refractivity contribution is 5.79. The van der Waals surface area contributed by atoms with Gasteiger partial charge in [0.15, 0.2) is 5.96 Å². The van der Waals surface area contributed by atoms with Gasteiger partial charge in [0.05, 0.1) is 0 Å². The van der Waals surface area contributed by atoms with Crippen molar-refractivity contribution in [2.24, 2.45) is 4.99 Å². The largest absolute Gasteiger partial charge is 0.356 e. The van der Waals surface area contributed by atoms with Crippen molar-refractivity contribution >= 4 is 5.96 Å². The first kappa shape index (κ1) is 18.5. The standard InChI is InChI=1S/C20H32N4/c1-4-5-8-14-23(3)20(21-2)22-13-9-15-24-16-12-18-10-6-7-11-19(18)17-24/h4,6-7,10-11H,1,5,8-9,12-17H2,2-3H3,(H,21,22). The lowest BCUT2D eigenvalue weighted by atomic mass is 10.00. The number of allylic oxidation sites excluding steroid dienone is 1. The van der Waals surface area contributed by atoms with Crippen LogP contribution < -0.4 is 5.32 Å². The minimum atomic E-state index is 0.969. The Morgan fingerprint density at radius 1 is 1.33 bits per heavy atom. The van der Waals surface area contributed by atoms with Crippen molar-refractivity contribution in [3.8, 4) is 0 Å². The molecule has 0 spiro atoms. The van der Waals surface area contributed by atoms with Crippen molar-refractivity contribution in [3.63, 3.8) is 0 Å². The summed E-state index contributed by atoms with van der Waals surface area (Å²) < 4.78 is 0. The SMILES string of the molecule is C=CCCCN(C)C(=NC)NCCCN1CCc2ccccc2C1. The van der Waals surface area contributed by atoms with Gasteiger partial charge in [0.2, 0.25) is 0 Å². The predicted molar refractivity (Wildman–Crippen MR) is 103 cm³/mol. The Labute approximate surface area is 147 Å². The summed E-state index contributed by atoms with van der Waals surface area (Å²) in [5.74, 6) is 0.989. The van der Waals surface area contributed by atoms with E-state index in [0.29, 0.717) is 0 Å². The number of hydrogen-bond donors (Lipinski definition) is 1. The Kier molecular flexibility index (Phi) is 7.83. The summed E-state index contributed by atoms with van der Waals surface area (Å²) in [5.41, 5.74) is 3.02. The number of benzene rings is 1. The van der Waals surface area contributed by atoms with Crippen LogP contribution in [-0.4, -0.2) is 56.0 Å². The van der Waals surface area contributed by atoms with E-state index >= 15 is 0 Å². The maximum absolute atomic E-state index is 4.37. The van der Waals surface area contributed by atoms with E-state index in [2.05, 4.69) is 58.0 Å². The number of nitrogens with zero attached hydrogens (tertiary/aromatic N) is 3. The van der Waals surface area contributed by atoms with E-state index in [1.807, 2.05) is 13.1 Å². The van der Waals surface area contributed by atoms with Crippen LogP contribution in [0.15, 0.2) is 41.9 Å². The van der Waals surface area contributed by atoms with Crippen molar-refractivity contribution in [1.82, 2.24) is 15.1 Å². The van der Waals surface area contributed by atoms with Crippen LogP contribution in [0.5, 0.6) is 0 Å². The van der Waals surface area contributed by atoms with Gasteiger partial charge in [-0.3, -0.25) is 9.89 Å². The zero-order chi connectivity index (χ0) is 17.2. The van der Waals surface area contributed by atoms with Gasteiger partial charge >= 0.3 is 0 Å². The monoisotopic (exact) mass is 328 g/mol. The normalized spacial score (nSPS) is 15.0. The first-order chi connectivity index (χ1) is 11.7. The van der Waals surface area contributed by atoms with E-state index in [1.54, 1.807) is 0 Å². The number of hydrogen-bond acceptors (Lipinski definition) is 2. The van der Waals surface area contributed by atoms with Crippen LogP contribution in [0.2, 0.25) is 0 Å². The first-order valence-electron chi connectivity index (χ1n) is 9.06. The number of fused-ring (bicyclic) bond motifs is 1. The molecule has 1 aromatic carbocycles. The summed E-state index contributed by atoms with van der Waals surface area (Å²) in [7, 11) is 3.95. The minimum absolute atomic E-state index is 0.969. The fourth-order valence-corrected chi connectivity index (χ4v) is 3.21. The fourth-order valence-electron chi connectivity index (χ4n) is 3.21. The van der Waals surface area contributed by atoms with Gasteiger partial charge in [0.1, 0.15) is 0 Å². The molecule has 1 aliphatic rings. The highest BCUT2D eigenvalue weighted by Gasteiger charge is 2.15. The summed E-state index contributed by atoms with van der Waals surface area (Å²) in [6.45, 7) is 9.15. The molecule has 1 aliphatic heterocycles. The Morgan fingerprint density at radius 2 is 2.12 bits per heavy atom. The van der Waals surface area contributed by atoms with Crippen LogP contribution in [0, 0.1) is 0 Å². The number of guanidine groups is 1. The quantitative estimate of drug-likeness (QED) is 0.344. The molecule has 1 heterocycles. The van der Waals surface area contributed by atoms with Crippen molar-refractivity contribution < 1.29 is 0 Å². The highest BCUT2D eigenvalue weighted by atomic mass is 15.3. The molecule has 2 rings (SSSR count). The summed E-state index contributed by atoms with van der Waals surface area (Å²) in [5, 5.41) is 3.48. The van der Waals surface area contributed by atoms with E-state index in [1.165, 1.54) is 24.1 Å². The highest BCUT2D eigenvalue weighted by Crippen LogP contribution is 2.18. The van der Waals surface area contributed by atoms with Crippen LogP contribution in [-0.2, 0) is 13.0 Å². The third-order valence-corrected chi connectivity index (χ3v) is 4.62. The first-order valence-corrected chi connectivity index (χ1v) is 9.06. The predicted octanol–water partition coefficient (Wildman–Crippen LogP) is 2.91. The van der Waals surface area contributed by atoms with E-state index in [0.717, 1.165) is 51.4 Å². The second-order valence-electron chi connectivity index (χ2n) is 6.47. The molecule has 0 saturated carbocycles. The van der Waals surface area contributed by atoms with Gasteiger partial charge in [0, 0.05) is 46.8 Å². The average Bonchev–Trinajstić information content (AvgIpc) is 2.61. The zero-order valence-electron chi connectivity index (χ0n) is 15.3. The Hall–Kier alpha value is -1.81. The molecule has 0 amide bonds. The summed E-state index contributed by atoms with van der Waals surface area (Å²) in [6.07, 6.45) is 6.46. The third-order valence-electron chi connectivity index (χ3n) is 4.62. The van der Waals surface area contributed by atoms with Crippen LogP contribution in [0.1, 0.15) is 30.4 Å². The Bertz CT molecular complexity index is 538. The zero-order valence-corrected chi connectivity index (χ0v) is 15.3. The molecule has 132 valence electrons. The Balaban J connectivity index is 1.66. The lowest BCUT2D eigenvalue weighted by Crippen LogP contribution is -2.40. The molecular formula is C20H32N4. The molecule has 1 N–H and O–H groups in total. The average molecular weight is 329 g/mol. The van der Waals surface area contributed by atoms with Crippen LogP contribution >= 0.6 is 0 Å². The molecule has 4 heteroatoms. The van der Waals surface area contributed by atoms with Crippen molar-refractivity contribution in [1.29, 1.82) is 0 Å². The van der Waals surface area contributed by atoms with E-state index in [-0.39, 0.29) is 0 Å². The second kappa shape index (κ2) is 10.1. The molecule has 0 atom stereocenters. The van der Waals surface area contributed by atoms with Crippen molar-refractivity contribution in [3.05, 3.63) is 48.0 Å². The van der Waals surface area contributed by atoms with E-state index in [4.69, 9.17) is 0 Å². The van der Waals surface area contributed by atoms with Gasteiger partial charge in [-0.1, -0.05) is 30.3 Å². The van der Waals surface area contributed by atoms with Gasteiger partial charge in [-0.2, -0.15) is 0 Å². The van der Waals surface area contributed by atoms with E-state index in [9.17, 15) is 0 Å². The molecular weight excluding hydrogens is 296 g/mol. The smallest absolute Gasteiger partial charge is 0.193 e. The van der Waals surface area contributed by atoms with Gasteiger partial charge in [-0.25, -0.2) is 0 Å². The number of nitrogens with one attached hydrogen (secondary N) is 1. The molecule has 0 radical (unpaired) electrons. The topological polar surface area (TPSA) is 30.9 Å².